The van der Waals surface area contributed by atoms with Gasteiger partial charge in [-0.2, -0.15) is 5.10 Å². The van der Waals surface area contributed by atoms with Gasteiger partial charge in [0.25, 0.3) is 0 Å². The zero-order valence-electron chi connectivity index (χ0n) is 7.77. The summed E-state index contributed by atoms with van der Waals surface area (Å²) >= 11 is 0. The third-order valence-electron chi connectivity index (χ3n) is 2.14. The summed E-state index contributed by atoms with van der Waals surface area (Å²) in [6.07, 6.45) is 1.80. The zero-order chi connectivity index (χ0) is 9.26. The van der Waals surface area contributed by atoms with Crippen LogP contribution in [0.3, 0.4) is 0 Å². The Kier molecular flexibility index (Phi) is 3.49. The number of carbonyl (C=O) groups excluding carboxylic acids is 1. The smallest absolute Gasteiger partial charge is 0.358 e. The molecule has 0 aromatic carbocycles. The maximum absolute atomic E-state index is 11.0. The number of methoxy groups -OCH3 is 1. The fourth-order valence-electron chi connectivity index (χ4n) is 1.22. The molecule has 1 N–H and O–H groups in total. The first-order valence-electron chi connectivity index (χ1n) is 4.15. The van der Waals surface area contributed by atoms with Crippen molar-refractivity contribution in [3.8, 4) is 0 Å². The summed E-state index contributed by atoms with van der Waals surface area (Å²) in [5.41, 5.74) is 0.370. The summed E-state index contributed by atoms with van der Waals surface area (Å²) in [7, 11) is 1.35. The second kappa shape index (κ2) is 4.43. The van der Waals surface area contributed by atoms with E-state index in [0.717, 1.165) is 13.1 Å². The molecule has 0 amide bonds. The normalized spacial score (nSPS) is 15.5. The van der Waals surface area contributed by atoms with Gasteiger partial charge in [0, 0.05) is 19.3 Å². The Balaban J connectivity index is 0.000000980. The van der Waals surface area contributed by atoms with E-state index in [9.17, 15) is 4.79 Å². The van der Waals surface area contributed by atoms with Crippen molar-refractivity contribution in [1.29, 1.82) is 0 Å². The lowest BCUT2D eigenvalue weighted by Gasteiger charge is -2.27. The maximum Gasteiger partial charge on any atom is 0.358 e. The van der Waals surface area contributed by atoms with Crippen molar-refractivity contribution in [2.75, 3.05) is 20.2 Å². The predicted molar refractivity (Wildman–Crippen MR) is 52.7 cm³/mol. The zero-order valence-corrected chi connectivity index (χ0v) is 8.58. The summed E-state index contributed by atoms with van der Waals surface area (Å²) in [5.74, 6) is -0.383. The van der Waals surface area contributed by atoms with E-state index < -0.39 is 0 Å². The number of nitrogens with zero attached hydrogens (tertiary/aromatic N) is 2. The van der Waals surface area contributed by atoms with Crippen molar-refractivity contribution in [2.24, 2.45) is 0 Å². The van der Waals surface area contributed by atoms with Crippen molar-refractivity contribution in [3.63, 3.8) is 0 Å². The standard InChI is InChI=1S/C8H11N3O2.ClH/c1-13-8(12)7-2-3-11(10-7)6-4-9-5-6;/h2-3,6,9H,4-5H2,1H3;1H. The first-order chi connectivity index (χ1) is 6.31. The van der Waals surface area contributed by atoms with Crippen LogP contribution in [0.15, 0.2) is 12.3 Å². The maximum atomic E-state index is 11.0. The van der Waals surface area contributed by atoms with Crippen LogP contribution in [0.25, 0.3) is 0 Å². The Bertz CT molecular complexity index is 322. The van der Waals surface area contributed by atoms with E-state index in [1.54, 1.807) is 16.9 Å². The van der Waals surface area contributed by atoms with Gasteiger partial charge in [-0.1, -0.05) is 0 Å². The molecule has 0 unspecified atom stereocenters. The first kappa shape index (κ1) is 11.0. The molecule has 6 heteroatoms. The molecule has 14 heavy (non-hydrogen) atoms. The quantitative estimate of drug-likeness (QED) is 0.721. The molecule has 1 aliphatic heterocycles. The Morgan fingerprint density at radius 1 is 1.71 bits per heavy atom. The van der Waals surface area contributed by atoms with Crippen molar-refractivity contribution in [2.45, 2.75) is 6.04 Å². The molecule has 1 aromatic heterocycles. The van der Waals surface area contributed by atoms with Crippen LogP contribution < -0.4 is 5.32 Å². The lowest BCUT2D eigenvalue weighted by atomic mass is 10.2. The Morgan fingerprint density at radius 2 is 2.43 bits per heavy atom. The van der Waals surface area contributed by atoms with Gasteiger partial charge in [0.2, 0.25) is 0 Å². The molecule has 1 aromatic rings. The molecular weight excluding hydrogens is 206 g/mol. The minimum Gasteiger partial charge on any atom is -0.464 e. The Hall–Kier alpha value is -1.07. The predicted octanol–water partition coefficient (Wildman–Crippen LogP) is 0.236. The number of carbonyl (C=O) groups is 1. The van der Waals surface area contributed by atoms with E-state index in [0.29, 0.717) is 11.7 Å². The number of esters is 1. The molecule has 0 atom stereocenters. The molecule has 1 aliphatic rings. The molecular formula is C8H12ClN3O2. The number of halogens is 1. The number of hydrogen-bond acceptors (Lipinski definition) is 4. The number of nitrogens with one attached hydrogen (secondary N) is 1. The van der Waals surface area contributed by atoms with Gasteiger partial charge in [0.05, 0.1) is 13.2 Å². The van der Waals surface area contributed by atoms with Gasteiger partial charge in [-0.15, -0.1) is 12.4 Å². The molecule has 2 rings (SSSR count). The first-order valence-corrected chi connectivity index (χ1v) is 4.15. The van der Waals surface area contributed by atoms with Crippen molar-refractivity contribution in [1.82, 2.24) is 15.1 Å². The van der Waals surface area contributed by atoms with Gasteiger partial charge in [-0.25, -0.2) is 4.79 Å². The number of ether oxygens (including phenoxy) is 1. The molecule has 78 valence electrons. The average molecular weight is 218 g/mol. The molecule has 0 spiro atoms. The van der Waals surface area contributed by atoms with Gasteiger partial charge < -0.3 is 10.1 Å². The molecule has 0 radical (unpaired) electrons. The molecule has 5 nitrogen and oxygen atoms in total. The molecule has 0 aliphatic carbocycles. The van der Waals surface area contributed by atoms with Crippen LogP contribution in [-0.4, -0.2) is 35.9 Å². The van der Waals surface area contributed by atoms with Crippen molar-refractivity contribution in [3.05, 3.63) is 18.0 Å². The van der Waals surface area contributed by atoms with Gasteiger partial charge in [-0.3, -0.25) is 4.68 Å². The second-order valence-electron chi connectivity index (χ2n) is 2.98. The van der Waals surface area contributed by atoms with Crippen LogP contribution in [0.2, 0.25) is 0 Å². The Morgan fingerprint density at radius 3 is 2.93 bits per heavy atom. The van der Waals surface area contributed by atoms with Crippen LogP contribution in [0.1, 0.15) is 16.5 Å². The summed E-state index contributed by atoms with van der Waals surface area (Å²) in [6, 6.07) is 2.06. The third kappa shape index (κ3) is 1.88. The van der Waals surface area contributed by atoms with E-state index in [2.05, 4.69) is 15.2 Å². The van der Waals surface area contributed by atoms with Crippen LogP contribution in [0.4, 0.5) is 0 Å². The van der Waals surface area contributed by atoms with Crippen LogP contribution in [-0.2, 0) is 4.74 Å². The van der Waals surface area contributed by atoms with Crippen LogP contribution in [0, 0.1) is 0 Å². The third-order valence-corrected chi connectivity index (χ3v) is 2.14. The van der Waals surface area contributed by atoms with Crippen molar-refractivity contribution >= 4 is 18.4 Å². The highest BCUT2D eigenvalue weighted by Gasteiger charge is 2.20. The van der Waals surface area contributed by atoms with E-state index in [4.69, 9.17) is 0 Å². The fraction of sp³-hybridized carbons (Fsp3) is 0.500. The highest BCUT2D eigenvalue weighted by atomic mass is 35.5. The number of hydrogen-bond donors (Lipinski definition) is 1. The molecule has 1 fully saturated rings. The van der Waals surface area contributed by atoms with Gasteiger partial charge in [-0.05, 0) is 6.07 Å². The monoisotopic (exact) mass is 217 g/mol. The highest BCUT2D eigenvalue weighted by molar-refractivity contribution is 5.86. The van der Waals surface area contributed by atoms with Crippen LogP contribution in [0.5, 0.6) is 0 Å². The van der Waals surface area contributed by atoms with E-state index in [1.165, 1.54) is 7.11 Å². The number of rotatable bonds is 2. The van der Waals surface area contributed by atoms with E-state index >= 15 is 0 Å². The number of aromatic nitrogens is 2. The largest absolute Gasteiger partial charge is 0.464 e. The SMILES string of the molecule is COC(=O)c1ccn(C2CNC2)n1.Cl. The molecule has 0 bridgehead atoms. The van der Waals surface area contributed by atoms with Gasteiger partial charge in [0.1, 0.15) is 0 Å². The lowest BCUT2D eigenvalue weighted by molar-refractivity contribution is 0.0592. The molecule has 2 heterocycles. The van der Waals surface area contributed by atoms with E-state index in [-0.39, 0.29) is 18.4 Å². The minimum atomic E-state index is -0.383. The van der Waals surface area contributed by atoms with Gasteiger partial charge in [0.15, 0.2) is 5.69 Å². The van der Waals surface area contributed by atoms with E-state index in [1.807, 2.05) is 0 Å². The summed E-state index contributed by atoms with van der Waals surface area (Å²) < 4.78 is 6.34. The van der Waals surface area contributed by atoms with Crippen LogP contribution >= 0.6 is 12.4 Å². The summed E-state index contributed by atoms with van der Waals surface area (Å²) in [6.45, 7) is 1.84. The topological polar surface area (TPSA) is 56.1 Å². The van der Waals surface area contributed by atoms with Crippen molar-refractivity contribution < 1.29 is 9.53 Å². The minimum absolute atomic E-state index is 0. The average Bonchev–Trinajstić information content (AvgIpc) is 2.49. The Labute approximate surface area is 87.8 Å². The lowest BCUT2D eigenvalue weighted by Crippen LogP contribution is -2.43. The molecule has 0 saturated carbocycles. The second-order valence-corrected chi connectivity index (χ2v) is 2.98. The molecule has 1 saturated heterocycles. The summed E-state index contributed by atoms with van der Waals surface area (Å²) in [5, 5.41) is 7.24. The van der Waals surface area contributed by atoms with Gasteiger partial charge >= 0.3 is 5.97 Å². The highest BCUT2D eigenvalue weighted by Crippen LogP contribution is 2.10. The summed E-state index contributed by atoms with van der Waals surface area (Å²) in [4.78, 5) is 11.0. The fourth-order valence-corrected chi connectivity index (χ4v) is 1.22.